The van der Waals surface area contributed by atoms with Crippen LogP contribution in [0.25, 0.3) is 0 Å². The molecule has 2 heterocycles. The van der Waals surface area contributed by atoms with Gasteiger partial charge in [0.15, 0.2) is 23.4 Å². The summed E-state index contributed by atoms with van der Waals surface area (Å²) in [6, 6.07) is 12.4. The minimum Gasteiger partial charge on any atom is -0.504 e. The van der Waals surface area contributed by atoms with Crippen molar-refractivity contribution in [3.8, 4) is 11.5 Å². The highest BCUT2D eigenvalue weighted by atomic mass is 35.5. The lowest BCUT2D eigenvalue weighted by molar-refractivity contribution is -0.138. The Morgan fingerprint density at radius 2 is 2.03 bits per heavy atom. The number of nitrogens with zero attached hydrogens (tertiary/aromatic N) is 1. The normalized spacial score (nSPS) is 32.0. The fourth-order valence-corrected chi connectivity index (χ4v) is 6.74. The number of ether oxygens (including phenoxy) is 1. The van der Waals surface area contributed by atoms with Crippen molar-refractivity contribution in [2.75, 3.05) is 13.1 Å². The zero-order chi connectivity index (χ0) is 19.8. The van der Waals surface area contributed by atoms with Gasteiger partial charge in [-0.3, -0.25) is 9.69 Å². The van der Waals surface area contributed by atoms with Crippen LogP contribution in [0.1, 0.15) is 36.0 Å². The molecule has 6 rings (SSSR count). The van der Waals surface area contributed by atoms with Crippen LogP contribution >= 0.6 is 11.6 Å². The highest BCUT2D eigenvalue weighted by Gasteiger charge is 2.65. The average molecular weight is 410 g/mol. The van der Waals surface area contributed by atoms with Crippen LogP contribution in [0.5, 0.6) is 11.5 Å². The molecule has 2 aromatic carbocycles. The van der Waals surface area contributed by atoms with Crippen LogP contribution in [0.2, 0.25) is 5.02 Å². The van der Waals surface area contributed by atoms with Crippen molar-refractivity contribution in [3.63, 3.8) is 0 Å². The molecular formula is C24H24ClNO3. The third-order valence-electron chi connectivity index (χ3n) is 7.82. The third kappa shape index (κ3) is 2.39. The van der Waals surface area contributed by atoms with Crippen molar-refractivity contribution in [1.29, 1.82) is 0 Å². The summed E-state index contributed by atoms with van der Waals surface area (Å²) in [6.07, 6.45) is 4.00. The van der Waals surface area contributed by atoms with Crippen molar-refractivity contribution in [3.05, 3.63) is 58.1 Å². The quantitative estimate of drug-likeness (QED) is 0.835. The number of hydrogen-bond donors (Lipinski definition) is 1. The average Bonchev–Trinajstić information content (AvgIpc) is 3.07. The number of carbonyl (C=O) groups excluding carboxylic acids is 1. The molecule has 2 bridgehead atoms. The highest BCUT2D eigenvalue weighted by Crippen LogP contribution is 2.63. The van der Waals surface area contributed by atoms with Crippen molar-refractivity contribution in [1.82, 2.24) is 4.90 Å². The first-order valence-electron chi connectivity index (χ1n) is 10.6. The van der Waals surface area contributed by atoms with E-state index in [-0.39, 0.29) is 16.9 Å². The van der Waals surface area contributed by atoms with Crippen LogP contribution in [-0.4, -0.2) is 41.0 Å². The number of hydrogen-bond acceptors (Lipinski definition) is 4. The van der Waals surface area contributed by atoms with Crippen molar-refractivity contribution < 1.29 is 14.6 Å². The molecule has 29 heavy (non-hydrogen) atoms. The summed E-state index contributed by atoms with van der Waals surface area (Å²) in [4.78, 5) is 15.5. The van der Waals surface area contributed by atoms with E-state index in [1.807, 2.05) is 18.2 Å². The van der Waals surface area contributed by atoms with Crippen LogP contribution < -0.4 is 4.74 Å². The third-order valence-corrected chi connectivity index (χ3v) is 8.08. The second-order valence-corrected chi connectivity index (χ2v) is 9.47. The Morgan fingerprint density at radius 3 is 2.86 bits per heavy atom. The molecule has 4 atom stereocenters. The topological polar surface area (TPSA) is 49.8 Å². The van der Waals surface area contributed by atoms with Gasteiger partial charge in [0.1, 0.15) is 0 Å². The minimum atomic E-state index is -0.412. The molecule has 5 heteroatoms. The van der Waals surface area contributed by atoms with Crippen molar-refractivity contribution in [2.45, 2.75) is 49.7 Å². The number of ketones is 1. The van der Waals surface area contributed by atoms with E-state index in [1.165, 1.54) is 11.1 Å². The number of halogens is 1. The van der Waals surface area contributed by atoms with Gasteiger partial charge >= 0.3 is 0 Å². The Morgan fingerprint density at radius 1 is 1.21 bits per heavy atom. The summed E-state index contributed by atoms with van der Waals surface area (Å²) >= 11 is 6.03. The first kappa shape index (κ1) is 17.8. The van der Waals surface area contributed by atoms with Gasteiger partial charge in [-0.05, 0) is 67.5 Å². The van der Waals surface area contributed by atoms with E-state index < -0.39 is 6.10 Å². The molecule has 4 aliphatic rings. The van der Waals surface area contributed by atoms with Crippen LogP contribution in [0, 0.1) is 5.92 Å². The van der Waals surface area contributed by atoms with Gasteiger partial charge in [-0.2, -0.15) is 0 Å². The molecule has 1 spiro atoms. The number of piperidine rings is 1. The maximum Gasteiger partial charge on any atom is 0.174 e. The molecule has 1 saturated heterocycles. The van der Waals surface area contributed by atoms with Gasteiger partial charge in [-0.1, -0.05) is 29.8 Å². The summed E-state index contributed by atoms with van der Waals surface area (Å²) in [5, 5.41) is 11.2. The molecule has 2 aromatic rings. The maximum absolute atomic E-state index is 12.8. The highest BCUT2D eigenvalue weighted by molar-refractivity contribution is 6.30. The molecule has 2 aliphatic heterocycles. The standard InChI is InChI=1S/C24H24ClNO3/c25-16-4-1-14(2-5-16)9-11-26-12-10-24-17-6-8-20(28)23(24)29-22-19(27)7-3-15(21(22)24)13-18(17)26/h1-5,7,17-18,23,27H,6,8-13H2/t17?,18?,23-,24?/m0/s1. The summed E-state index contributed by atoms with van der Waals surface area (Å²) in [6.45, 7) is 1.98. The van der Waals surface area contributed by atoms with E-state index in [0.29, 0.717) is 24.1 Å². The SMILES string of the molecule is O=C1CCC2C3Cc4ccc(O)c5c4C2(CCN3CCc2ccc(Cl)cc2)[C@H]1O5. The molecule has 2 fully saturated rings. The number of phenols is 1. The Labute approximate surface area is 175 Å². The van der Waals surface area contributed by atoms with Gasteiger partial charge in [-0.15, -0.1) is 0 Å². The van der Waals surface area contributed by atoms with Gasteiger partial charge in [0.05, 0.1) is 0 Å². The molecule has 1 N–H and O–H groups in total. The predicted molar refractivity (Wildman–Crippen MR) is 111 cm³/mol. The van der Waals surface area contributed by atoms with Gasteiger partial charge < -0.3 is 9.84 Å². The van der Waals surface area contributed by atoms with E-state index in [9.17, 15) is 9.90 Å². The molecule has 0 radical (unpaired) electrons. The Balaban J connectivity index is 1.36. The van der Waals surface area contributed by atoms with E-state index in [1.54, 1.807) is 6.07 Å². The molecular weight excluding hydrogens is 386 g/mol. The summed E-state index contributed by atoms with van der Waals surface area (Å²) < 4.78 is 6.17. The number of aromatic hydroxyl groups is 1. The van der Waals surface area contributed by atoms with Crippen molar-refractivity contribution in [2.24, 2.45) is 5.92 Å². The van der Waals surface area contributed by atoms with Gasteiger partial charge in [0.25, 0.3) is 0 Å². The van der Waals surface area contributed by atoms with E-state index >= 15 is 0 Å². The molecule has 0 amide bonds. The number of rotatable bonds is 3. The van der Waals surface area contributed by atoms with Crippen molar-refractivity contribution >= 4 is 17.4 Å². The summed E-state index contributed by atoms with van der Waals surface area (Å²) in [5.41, 5.74) is 3.47. The first-order valence-corrected chi connectivity index (χ1v) is 11.0. The number of phenolic OH excluding ortho intramolecular Hbond substituents is 1. The lowest BCUT2D eigenvalue weighted by atomic mass is 9.51. The lowest BCUT2D eigenvalue weighted by Crippen LogP contribution is -2.66. The minimum absolute atomic E-state index is 0.183. The van der Waals surface area contributed by atoms with Crippen LogP contribution in [0.15, 0.2) is 36.4 Å². The smallest absolute Gasteiger partial charge is 0.174 e. The Kier molecular flexibility index (Phi) is 3.82. The fraction of sp³-hybridized carbons (Fsp3) is 0.458. The second kappa shape index (κ2) is 6.23. The molecule has 0 aromatic heterocycles. The number of carbonyl (C=O) groups is 1. The maximum atomic E-state index is 12.8. The van der Waals surface area contributed by atoms with E-state index in [2.05, 4.69) is 17.0 Å². The van der Waals surface area contributed by atoms with Gasteiger partial charge in [0, 0.05) is 35.0 Å². The van der Waals surface area contributed by atoms with Crippen LogP contribution in [-0.2, 0) is 23.1 Å². The summed E-state index contributed by atoms with van der Waals surface area (Å²) in [7, 11) is 0. The summed E-state index contributed by atoms with van der Waals surface area (Å²) in [5.74, 6) is 1.39. The lowest BCUT2D eigenvalue weighted by Gasteiger charge is -2.57. The van der Waals surface area contributed by atoms with Crippen LogP contribution in [0.4, 0.5) is 0 Å². The fourth-order valence-electron chi connectivity index (χ4n) is 6.61. The second-order valence-electron chi connectivity index (χ2n) is 9.03. The molecule has 1 saturated carbocycles. The molecule has 2 aliphatic carbocycles. The molecule has 150 valence electrons. The molecule has 3 unspecified atom stereocenters. The largest absolute Gasteiger partial charge is 0.504 e. The van der Waals surface area contributed by atoms with E-state index in [4.69, 9.17) is 16.3 Å². The zero-order valence-electron chi connectivity index (χ0n) is 16.2. The zero-order valence-corrected chi connectivity index (χ0v) is 17.0. The van der Waals surface area contributed by atoms with E-state index in [0.717, 1.165) is 49.4 Å². The monoisotopic (exact) mass is 409 g/mol. The predicted octanol–water partition coefficient (Wildman–Crippen LogP) is 3.90. The van der Waals surface area contributed by atoms with Gasteiger partial charge in [-0.25, -0.2) is 0 Å². The number of Topliss-reactive ketones (excluding diaryl/α,β-unsaturated/α-hetero) is 1. The Hall–Kier alpha value is -2.04. The Bertz CT molecular complexity index is 1000. The van der Waals surface area contributed by atoms with Crippen LogP contribution in [0.3, 0.4) is 0 Å². The van der Waals surface area contributed by atoms with Gasteiger partial charge in [0.2, 0.25) is 0 Å². The molecule has 4 nitrogen and oxygen atoms in total. The number of likely N-dealkylation sites (tertiary alicyclic amines) is 1. The number of benzene rings is 2. The first-order chi connectivity index (χ1) is 14.1.